The van der Waals surface area contributed by atoms with E-state index in [2.05, 4.69) is 10.6 Å². The van der Waals surface area contributed by atoms with Gasteiger partial charge in [-0.05, 0) is 12.8 Å². The first-order valence-electron chi connectivity index (χ1n) is 8.73. The summed E-state index contributed by atoms with van der Waals surface area (Å²) in [5, 5.41) is 24.4. The van der Waals surface area contributed by atoms with Crippen LogP contribution in [0.15, 0.2) is 0 Å². The van der Waals surface area contributed by atoms with Crippen molar-refractivity contribution < 1.29 is 34.2 Å². The first-order chi connectivity index (χ1) is 12.9. The highest BCUT2D eigenvalue weighted by Gasteiger charge is 2.30. The minimum Gasteiger partial charge on any atom is -0.480 e. The number of carbonyl (C=O) groups excluding carboxylic acids is 4. The number of rotatable bonds is 12. The van der Waals surface area contributed by atoms with E-state index < -0.39 is 66.8 Å². The van der Waals surface area contributed by atoms with E-state index in [4.69, 9.17) is 21.7 Å². The van der Waals surface area contributed by atoms with Crippen LogP contribution in [0.25, 0.3) is 0 Å². The van der Waals surface area contributed by atoms with Gasteiger partial charge in [-0.1, -0.05) is 20.3 Å². The fraction of sp³-hybridized carbons (Fsp3) is 0.688. The normalized spacial score (nSPS) is 16.0. The van der Waals surface area contributed by atoms with E-state index in [1.54, 1.807) is 6.92 Å². The molecule has 0 aromatic heterocycles. The monoisotopic (exact) mass is 403 g/mol. The molecule has 0 saturated heterocycles. The zero-order valence-corrected chi connectivity index (χ0v) is 16.1. The molecule has 0 aromatic carbocycles. The second kappa shape index (κ2) is 11.9. The van der Waals surface area contributed by atoms with Gasteiger partial charge in [0, 0.05) is 0 Å². The van der Waals surface area contributed by atoms with Crippen LogP contribution < -0.4 is 27.4 Å². The molecule has 0 aliphatic carbocycles. The van der Waals surface area contributed by atoms with Crippen molar-refractivity contribution in [1.29, 1.82) is 0 Å². The summed E-state index contributed by atoms with van der Waals surface area (Å²) in [6.45, 7) is 4.01. The van der Waals surface area contributed by atoms with Crippen molar-refractivity contribution in [1.82, 2.24) is 16.0 Å². The van der Waals surface area contributed by atoms with E-state index in [9.17, 15) is 24.0 Å². The topological polar surface area (TPSA) is 214 Å². The molecule has 5 atom stereocenters. The molecule has 0 aliphatic rings. The second-order valence-corrected chi connectivity index (χ2v) is 6.46. The molecule has 4 amide bonds. The van der Waals surface area contributed by atoms with E-state index in [1.807, 2.05) is 12.2 Å². The third kappa shape index (κ3) is 8.31. The van der Waals surface area contributed by atoms with Gasteiger partial charge in [-0.3, -0.25) is 19.2 Å². The van der Waals surface area contributed by atoms with Crippen LogP contribution in [-0.2, 0) is 24.0 Å². The first kappa shape index (κ1) is 25.3. The van der Waals surface area contributed by atoms with E-state index in [0.717, 1.165) is 0 Å². The van der Waals surface area contributed by atoms with Crippen LogP contribution >= 0.6 is 0 Å². The van der Waals surface area contributed by atoms with Crippen LogP contribution in [0.2, 0.25) is 0 Å². The van der Waals surface area contributed by atoms with Crippen molar-refractivity contribution in [3.05, 3.63) is 0 Å². The van der Waals surface area contributed by atoms with Gasteiger partial charge >= 0.3 is 5.97 Å². The molecule has 12 heteroatoms. The number of carbonyl (C=O) groups is 5. The first-order valence-corrected chi connectivity index (χ1v) is 8.73. The van der Waals surface area contributed by atoms with E-state index in [1.165, 1.54) is 6.92 Å². The molecule has 160 valence electrons. The maximum Gasteiger partial charge on any atom is 0.328 e. The quantitative estimate of drug-likeness (QED) is 0.175. The molecule has 0 bridgehead atoms. The number of nitrogens with one attached hydrogen (secondary N) is 3. The van der Waals surface area contributed by atoms with Crippen LogP contribution in [-0.4, -0.2) is 70.6 Å². The number of primary amides is 1. The SMILES string of the molecule is CCC(C)C(N)C(=O)NC(CC(N)=O)C(=O)NC(C)C(=O)NC(CO)C(=O)O. The van der Waals surface area contributed by atoms with Crippen molar-refractivity contribution in [2.75, 3.05) is 6.61 Å². The average molecular weight is 403 g/mol. The predicted octanol–water partition coefficient (Wildman–Crippen LogP) is -3.21. The standard InChI is InChI=1S/C16H29N5O7/c1-4-7(2)12(18)15(26)20-9(5-11(17)23)14(25)19-8(3)13(24)21-10(6-22)16(27)28/h7-10,12,22H,4-6,18H2,1-3H3,(H2,17,23)(H,19,25)(H,20,26)(H,21,24)(H,27,28). The highest BCUT2D eigenvalue weighted by Crippen LogP contribution is 2.06. The van der Waals surface area contributed by atoms with Gasteiger partial charge in [-0.25, -0.2) is 4.79 Å². The van der Waals surface area contributed by atoms with Gasteiger partial charge in [-0.15, -0.1) is 0 Å². The van der Waals surface area contributed by atoms with Gasteiger partial charge in [-0.2, -0.15) is 0 Å². The van der Waals surface area contributed by atoms with Gasteiger partial charge < -0.3 is 37.6 Å². The number of aliphatic carboxylic acids is 1. The zero-order valence-electron chi connectivity index (χ0n) is 16.1. The molecule has 0 aromatic rings. The molecule has 0 heterocycles. The highest BCUT2D eigenvalue weighted by molar-refractivity contribution is 5.96. The number of nitrogens with two attached hydrogens (primary N) is 2. The largest absolute Gasteiger partial charge is 0.480 e. The zero-order chi connectivity index (χ0) is 22.0. The van der Waals surface area contributed by atoms with Crippen molar-refractivity contribution in [2.24, 2.45) is 17.4 Å². The summed E-state index contributed by atoms with van der Waals surface area (Å²) in [4.78, 5) is 58.5. The summed E-state index contributed by atoms with van der Waals surface area (Å²) in [6.07, 6.45) is 0.0988. The summed E-state index contributed by atoms with van der Waals surface area (Å²) in [5.41, 5.74) is 10.9. The Labute approximate surface area is 162 Å². The Balaban J connectivity index is 5.06. The summed E-state index contributed by atoms with van der Waals surface area (Å²) < 4.78 is 0. The average Bonchev–Trinajstić information content (AvgIpc) is 2.62. The lowest BCUT2D eigenvalue weighted by molar-refractivity contribution is -0.143. The number of aliphatic hydroxyl groups excluding tert-OH is 1. The van der Waals surface area contributed by atoms with Gasteiger partial charge in [0.15, 0.2) is 0 Å². The smallest absolute Gasteiger partial charge is 0.328 e. The Bertz CT molecular complexity index is 598. The maximum atomic E-state index is 12.4. The molecule has 12 nitrogen and oxygen atoms in total. The molecule has 0 aliphatic heterocycles. The van der Waals surface area contributed by atoms with Crippen molar-refractivity contribution >= 4 is 29.6 Å². The minimum atomic E-state index is -1.54. The third-order valence-electron chi connectivity index (χ3n) is 4.15. The second-order valence-electron chi connectivity index (χ2n) is 6.46. The molecular weight excluding hydrogens is 374 g/mol. The fourth-order valence-electron chi connectivity index (χ4n) is 2.05. The molecule has 0 saturated carbocycles. The van der Waals surface area contributed by atoms with Gasteiger partial charge in [0.2, 0.25) is 23.6 Å². The Hall–Kier alpha value is -2.73. The number of aliphatic hydroxyl groups is 1. The van der Waals surface area contributed by atoms with Crippen molar-refractivity contribution in [3.8, 4) is 0 Å². The third-order valence-corrected chi connectivity index (χ3v) is 4.15. The molecule has 28 heavy (non-hydrogen) atoms. The number of carboxylic acid groups (broad SMARTS) is 1. The highest BCUT2D eigenvalue weighted by atomic mass is 16.4. The van der Waals surface area contributed by atoms with Crippen molar-refractivity contribution in [3.63, 3.8) is 0 Å². The lowest BCUT2D eigenvalue weighted by Crippen LogP contribution is -2.57. The molecule has 9 N–H and O–H groups in total. The van der Waals surface area contributed by atoms with E-state index in [-0.39, 0.29) is 5.92 Å². The predicted molar refractivity (Wildman–Crippen MR) is 97.4 cm³/mol. The number of carboxylic acids is 1. The maximum absolute atomic E-state index is 12.4. The molecule has 0 fully saturated rings. The van der Waals surface area contributed by atoms with Crippen LogP contribution in [0.4, 0.5) is 0 Å². The minimum absolute atomic E-state index is 0.173. The van der Waals surface area contributed by atoms with E-state index in [0.29, 0.717) is 6.42 Å². The summed E-state index contributed by atoms with van der Waals surface area (Å²) in [5.74, 6) is -4.89. The van der Waals surface area contributed by atoms with Crippen LogP contribution in [0.3, 0.4) is 0 Å². The van der Waals surface area contributed by atoms with Crippen LogP contribution in [0, 0.1) is 5.92 Å². The van der Waals surface area contributed by atoms with Gasteiger partial charge in [0.1, 0.15) is 18.1 Å². The van der Waals surface area contributed by atoms with Gasteiger partial charge in [0.25, 0.3) is 0 Å². The Morgan fingerprint density at radius 3 is 1.89 bits per heavy atom. The Morgan fingerprint density at radius 2 is 1.46 bits per heavy atom. The molecular formula is C16H29N5O7. The van der Waals surface area contributed by atoms with Crippen LogP contribution in [0.1, 0.15) is 33.6 Å². The number of hydrogen-bond acceptors (Lipinski definition) is 7. The number of amides is 4. The Morgan fingerprint density at radius 1 is 0.929 bits per heavy atom. The summed E-state index contributed by atoms with van der Waals surface area (Å²) in [7, 11) is 0. The molecule has 5 unspecified atom stereocenters. The molecule has 0 spiro atoms. The fourth-order valence-corrected chi connectivity index (χ4v) is 2.05. The molecule has 0 radical (unpaired) electrons. The Kier molecular flexibility index (Phi) is 10.7. The lowest BCUT2D eigenvalue weighted by Gasteiger charge is -2.24. The molecule has 0 rings (SSSR count). The summed E-state index contributed by atoms with van der Waals surface area (Å²) >= 11 is 0. The lowest BCUT2D eigenvalue weighted by atomic mass is 9.99. The summed E-state index contributed by atoms with van der Waals surface area (Å²) in [6, 6.07) is -5.02. The van der Waals surface area contributed by atoms with E-state index >= 15 is 0 Å². The van der Waals surface area contributed by atoms with Crippen molar-refractivity contribution in [2.45, 2.75) is 57.8 Å². The van der Waals surface area contributed by atoms with Gasteiger partial charge in [0.05, 0.1) is 19.1 Å². The van der Waals surface area contributed by atoms with Crippen LogP contribution in [0.5, 0.6) is 0 Å². The number of hydrogen-bond donors (Lipinski definition) is 7.